The molecule has 1 nitrogen and oxygen atoms in total. The molecule has 4 fully saturated rings. The maximum Gasteiger partial charge on any atom is 0.0284 e. The van der Waals surface area contributed by atoms with Crippen LogP contribution in [0.1, 0.15) is 71.1 Å². The molecule has 4 bridgehead atoms. The first-order chi connectivity index (χ1) is 9.76. The summed E-state index contributed by atoms with van der Waals surface area (Å²) in [7, 11) is 0. The molecule has 0 amide bonds. The van der Waals surface area contributed by atoms with Gasteiger partial charge in [-0.3, -0.25) is 0 Å². The summed E-state index contributed by atoms with van der Waals surface area (Å²) < 4.78 is 0. The Kier molecular flexibility index (Phi) is 3.45. The quantitative estimate of drug-likeness (QED) is 0.717. The second-order valence-electron chi connectivity index (χ2n) is 8.40. The zero-order valence-electron chi connectivity index (χ0n) is 13.2. The summed E-state index contributed by atoms with van der Waals surface area (Å²) in [6.45, 7) is 3.41. The average Bonchev–Trinajstić information content (AvgIpc) is 2.90. The summed E-state index contributed by atoms with van der Waals surface area (Å²) in [5, 5.41) is 3.83. The Labute approximate surface area is 124 Å². The molecule has 0 spiro atoms. The predicted octanol–water partition coefficient (Wildman–Crippen LogP) is 4.68. The van der Waals surface area contributed by atoms with Crippen LogP contribution < -0.4 is 5.32 Å². The van der Waals surface area contributed by atoms with Crippen LogP contribution in [0.3, 0.4) is 0 Å². The zero-order valence-corrected chi connectivity index (χ0v) is 13.2. The first kappa shape index (κ1) is 13.4. The summed E-state index contributed by atoms with van der Waals surface area (Å²) in [5.41, 5.74) is 2.48. The van der Waals surface area contributed by atoms with Gasteiger partial charge in [0.25, 0.3) is 0 Å². The number of rotatable bonds is 5. The van der Waals surface area contributed by atoms with Gasteiger partial charge >= 0.3 is 0 Å². The Hall–Kier alpha value is -0.300. The molecular weight excluding hydrogens is 242 g/mol. The van der Waals surface area contributed by atoms with Crippen molar-refractivity contribution >= 4 is 0 Å². The van der Waals surface area contributed by atoms with Crippen LogP contribution in [0, 0.1) is 23.2 Å². The van der Waals surface area contributed by atoms with Crippen molar-refractivity contribution in [2.75, 3.05) is 6.54 Å². The molecule has 0 aromatic heterocycles. The Bertz CT molecular complexity index is 359. The van der Waals surface area contributed by atoms with Crippen molar-refractivity contribution < 1.29 is 0 Å². The SMILES string of the molecule is CCNC(CC12CC3CC(CC(C3)C1)C2)C1=CCCC1. The summed E-state index contributed by atoms with van der Waals surface area (Å²) in [4.78, 5) is 0. The second kappa shape index (κ2) is 5.16. The lowest BCUT2D eigenvalue weighted by Crippen LogP contribution is -2.49. The third-order valence-electron chi connectivity index (χ3n) is 6.78. The Morgan fingerprint density at radius 2 is 1.80 bits per heavy atom. The first-order valence-electron chi connectivity index (χ1n) is 9.19. The molecule has 20 heavy (non-hydrogen) atoms. The van der Waals surface area contributed by atoms with E-state index in [0.29, 0.717) is 6.04 Å². The minimum Gasteiger partial charge on any atom is -0.311 e. The lowest BCUT2D eigenvalue weighted by molar-refractivity contribution is -0.0603. The normalized spacial score (nSPS) is 43.9. The van der Waals surface area contributed by atoms with Gasteiger partial charge in [0.2, 0.25) is 0 Å². The van der Waals surface area contributed by atoms with Gasteiger partial charge < -0.3 is 5.32 Å². The fourth-order valence-corrected chi connectivity index (χ4v) is 6.57. The standard InChI is InChI=1S/C19H31N/c1-2-20-18(17-5-3-4-6-17)13-19-10-14-7-15(11-19)9-16(8-14)12-19/h5,14-16,18,20H,2-4,6-13H2,1H3. The van der Waals surface area contributed by atoms with Crippen LogP contribution in [0.5, 0.6) is 0 Å². The number of hydrogen-bond donors (Lipinski definition) is 1. The van der Waals surface area contributed by atoms with Gasteiger partial charge in [0, 0.05) is 6.04 Å². The molecule has 1 heteroatoms. The van der Waals surface area contributed by atoms with Crippen molar-refractivity contribution in [1.82, 2.24) is 5.32 Å². The van der Waals surface area contributed by atoms with Crippen molar-refractivity contribution in [2.24, 2.45) is 23.2 Å². The highest BCUT2D eigenvalue weighted by molar-refractivity contribution is 5.17. The molecule has 1 unspecified atom stereocenters. The van der Waals surface area contributed by atoms with E-state index in [-0.39, 0.29) is 0 Å². The van der Waals surface area contributed by atoms with E-state index in [1.165, 1.54) is 25.7 Å². The number of hydrogen-bond acceptors (Lipinski definition) is 1. The Balaban J connectivity index is 1.51. The zero-order chi connectivity index (χ0) is 13.6. The van der Waals surface area contributed by atoms with Gasteiger partial charge in [0.1, 0.15) is 0 Å². The van der Waals surface area contributed by atoms with E-state index in [2.05, 4.69) is 18.3 Å². The summed E-state index contributed by atoms with van der Waals surface area (Å²) in [6, 6.07) is 0.707. The maximum atomic E-state index is 3.83. The van der Waals surface area contributed by atoms with E-state index in [1.807, 2.05) is 0 Å². The second-order valence-corrected chi connectivity index (χ2v) is 8.40. The van der Waals surface area contributed by atoms with Crippen molar-refractivity contribution in [1.29, 1.82) is 0 Å². The van der Waals surface area contributed by atoms with Gasteiger partial charge in [-0.15, -0.1) is 0 Å². The van der Waals surface area contributed by atoms with Gasteiger partial charge in [0.05, 0.1) is 0 Å². The predicted molar refractivity (Wildman–Crippen MR) is 84.6 cm³/mol. The van der Waals surface area contributed by atoms with Gasteiger partial charge in [0.15, 0.2) is 0 Å². The maximum absolute atomic E-state index is 3.83. The highest BCUT2D eigenvalue weighted by atomic mass is 14.9. The molecule has 5 aliphatic rings. The molecule has 5 aliphatic carbocycles. The van der Waals surface area contributed by atoms with Gasteiger partial charge in [-0.05, 0) is 93.9 Å². The van der Waals surface area contributed by atoms with E-state index in [9.17, 15) is 0 Å². The lowest BCUT2D eigenvalue weighted by Gasteiger charge is -2.58. The van der Waals surface area contributed by atoms with E-state index in [0.717, 1.165) is 29.7 Å². The molecule has 112 valence electrons. The van der Waals surface area contributed by atoms with Crippen LogP contribution in [0.2, 0.25) is 0 Å². The molecule has 0 aromatic carbocycles. The van der Waals surface area contributed by atoms with Crippen LogP contribution in [-0.4, -0.2) is 12.6 Å². The lowest BCUT2D eigenvalue weighted by atomic mass is 9.48. The van der Waals surface area contributed by atoms with Crippen molar-refractivity contribution in [3.63, 3.8) is 0 Å². The van der Waals surface area contributed by atoms with Gasteiger partial charge in [-0.1, -0.05) is 18.6 Å². The summed E-state index contributed by atoms with van der Waals surface area (Å²) in [6.07, 6.45) is 17.5. The van der Waals surface area contributed by atoms with Crippen molar-refractivity contribution in [3.8, 4) is 0 Å². The molecule has 5 rings (SSSR count). The summed E-state index contributed by atoms with van der Waals surface area (Å²) >= 11 is 0. The largest absolute Gasteiger partial charge is 0.311 e. The third kappa shape index (κ3) is 2.36. The van der Waals surface area contributed by atoms with Crippen LogP contribution >= 0.6 is 0 Å². The van der Waals surface area contributed by atoms with E-state index in [1.54, 1.807) is 44.1 Å². The van der Waals surface area contributed by atoms with Gasteiger partial charge in [-0.2, -0.15) is 0 Å². The fraction of sp³-hybridized carbons (Fsp3) is 0.895. The topological polar surface area (TPSA) is 12.0 Å². The van der Waals surface area contributed by atoms with E-state index in [4.69, 9.17) is 0 Å². The van der Waals surface area contributed by atoms with Gasteiger partial charge in [-0.25, -0.2) is 0 Å². The van der Waals surface area contributed by atoms with Crippen LogP contribution in [0.4, 0.5) is 0 Å². The molecule has 0 aromatic rings. The van der Waals surface area contributed by atoms with E-state index < -0.39 is 0 Å². The molecule has 0 aliphatic heterocycles. The van der Waals surface area contributed by atoms with Crippen LogP contribution in [0.15, 0.2) is 11.6 Å². The van der Waals surface area contributed by atoms with Crippen LogP contribution in [0.25, 0.3) is 0 Å². The molecule has 4 saturated carbocycles. The number of likely N-dealkylation sites (N-methyl/N-ethyl adjacent to an activating group) is 1. The average molecular weight is 273 g/mol. The molecule has 1 atom stereocenters. The van der Waals surface area contributed by atoms with Crippen molar-refractivity contribution in [3.05, 3.63) is 11.6 Å². The molecule has 0 heterocycles. The minimum absolute atomic E-state index is 0.707. The fourth-order valence-electron chi connectivity index (χ4n) is 6.57. The summed E-state index contributed by atoms with van der Waals surface area (Å²) in [5.74, 6) is 3.29. The minimum atomic E-state index is 0.707. The Morgan fingerprint density at radius 3 is 2.30 bits per heavy atom. The monoisotopic (exact) mass is 273 g/mol. The highest BCUT2D eigenvalue weighted by Gasteiger charge is 2.51. The first-order valence-corrected chi connectivity index (χ1v) is 9.19. The molecule has 1 N–H and O–H groups in total. The third-order valence-corrected chi connectivity index (χ3v) is 6.78. The molecular formula is C19H31N. The highest BCUT2D eigenvalue weighted by Crippen LogP contribution is 2.61. The Morgan fingerprint density at radius 1 is 1.15 bits per heavy atom. The van der Waals surface area contributed by atoms with Crippen LogP contribution in [-0.2, 0) is 0 Å². The molecule has 0 saturated heterocycles. The van der Waals surface area contributed by atoms with E-state index >= 15 is 0 Å². The van der Waals surface area contributed by atoms with Crippen molar-refractivity contribution in [2.45, 2.75) is 77.2 Å². The smallest absolute Gasteiger partial charge is 0.0284 e. The molecule has 0 radical (unpaired) electrons. The number of nitrogens with one attached hydrogen (secondary N) is 1. The number of allylic oxidation sites excluding steroid dienone is 1.